The minimum atomic E-state index is -4.38. The van der Waals surface area contributed by atoms with Gasteiger partial charge in [0.15, 0.2) is 0 Å². The number of piperidine rings is 1. The number of alkyl halides is 3. The molecular weight excluding hydrogens is 377 g/mol. The molecule has 1 spiro atoms. The lowest BCUT2D eigenvalue weighted by Crippen LogP contribution is -2.54. The quantitative estimate of drug-likeness (QED) is 0.806. The van der Waals surface area contributed by atoms with Crippen molar-refractivity contribution in [3.63, 3.8) is 0 Å². The number of benzene rings is 1. The molecule has 3 aliphatic rings. The van der Waals surface area contributed by atoms with E-state index in [1.54, 1.807) is 6.07 Å². The van der Waals surface area contributed by atoms with Gasteiger partial charge in [0.05, 0.1) is 11.0 Å². The summed E-state index contributed by atoms with van der Waals surface area (Å²) in [5.74, 6) is 0.0314. The highest BCUT2D eigenvalue weighted by atomic mass is 35.5. The average Bonchev–Trinajstić information content (AvgIpc) is 3.02. The maximum absolute atomic E-state index is 13.3. The lowest BCUT2D eigenvalue weighted by molar-refractivity contribution is -0.144. The van der Waals surface area contributed by atoms with Gasteiger partial charge in [0.1, 0.15) is 0 Å². The van der Waals surface area contributed by atoms with Crippen molar-refractivity contribution in [3.8, 4) is 0 Å². The van der Waals surface area contributed by atoms with Gasteiger partial charge in [-0.3, -0.25) is 4.79 Å². The van der Waals surface area contributed by atoms with Crippen LogP contribution in [-0.2, 0) is 16.4 Å². The summed E-state index contributed by atoms with van der Waals surface area (Å²) in [5, 5.41) is 3.42. The number of carbonyl (C=O) groups is 1. The van der Waals surface area contributed by atoms with Crippen molar-refractivity contribution >= 4 is 18.3 Å². The fourth-order valence-electron chi connectivity index (χ4n) is 4.86. The van der Waals surface area contributed by atoms with Crippen LogP contribution in [0.4, 0.5) is 13.2 Å². The first-order valence-electron chi connectivity index (χ1n) is 9.53. The molecule has 0 aromatic heterocycles. The lowest BCUT2D eigenvalue weighted by atomic mass is 9.63. The van der Waals surface area contributed by atoms with Crippen LogP contribution in [-0.4, -0.2) is 37.0 Å². The number of nitrogens with zero attached hydrogens (tertiary/aromatic N) is 1. The fourth-order valence-corrected chi connectivity index (χ4v) is 4.86. The number of likely N-dealkylation sites (tertiary alicyclic amines) is 1. The van der Waals surface area contributed by atoms with E-state index in [0.717, 1.165) is 57.9 Å². The Kier molecular flexibility index (Phi) is 5.52. The average molecular weight is 403 g/mol. The maximum atomic E-state index is 13.3. The van der Waals surface area contributed by atoms with E-state index >= 15 is 0 Å². The van der Waals surface area contributed by atoms with E-state index in [4.69, 9.17) is 0 Å². The first kappa shape index (κ1) is 20.5. The van der Waals surface area contributed by atoms with Crippen LogP contribution in [0.2, 0.25) is 0 Å². The largest absolute Gasteiger partial charge is 0.416 e. The van der Waals surface area contributed by atoms with Gasteiger partial charge in [-0.25, -0.2) is 0 Å². The minimum Gasteiger partial charge on any atom is -0.342 e. The van der Waals surface area contributed by atoms with E-state index in [1.165, 1.54) is 12.1 Å². The van der Waals surface area contributed by atoms with Gasteiger partial charge >= 0.3 is 6.18 Å². The van der Waals surface area contributed by atoms with Crippen molar-refractivity contribution in [2.24, 2.45) is 5.41 Å². The zero-order chi connectivity index (χ0) is 18.4. The molecule has 1 amide bonds. The molecule has 7 heteroatoms. The summed E-state index contributed by atoms with van der Waals surface area (Å²) in [6.07, 6.45) is 0.954. The number of rotatable bonds is 2. The topological polar surface area (TPSA) is 32.3 Å². The van der Waals surface area contributed by atoms with E-state index in [0.29, 0.717) is 23.8 Å². The summed E-state index contributed by atoms with van der Waals surface area (Å²) in [6.45, 7) is 3.51. The maximum Gasteiger partial charge on any atom is 0.416 e. The first-order chi connectivity index (χ1) is 12.3. The van der Waals surface area contributed by atoms with Gasteiger partial charge in [-0.05, 0) is 55.7 Å². The summed E-state index contributed by atoms with van der Waals surface area (Å²) in [7, 11) is 0. The Morgan fingerprint density at radius 2 is 1.78 bits per heavy atom. The molecule has 2 aliphatic heterocycles. The summed E-state index contributed by atoms with van der Waals surface area (Å²) in [5.41, 5.74) is -0.561. The molecule has 27 heavy (non-hydrogen) atoms. The van der Waals surface area contributed by atoms with Gasteiger partial charge in [0.25, 0.3) is 0 Å². The van der Waals surface area contributed by atoms with Crippen molar-refractivity contribution in [3.05, 3.63) is 35.4 Å². The first-order valence-corrected chi connectivity index (χ1v) is 9.53. The normalized spacial score (nSPS) is 23.6. The predicted octanol–water partition coefficient (Wildman–Crippen LogP) is 4.15. The molecule has 0 atom stereocenters. The highest BCUT2D eigenvalue weighted by Gasteiger charge is 2.50. The predicted molar refractivity (Wildman–Crippen MR) is 100.0 cm³/mol. The van der Waals surface area contributed by atoms with Gasteiger partial charge in [-0.15, -0.1) is 12.4 Å². The van der Waals surface area contributed by atoms with Gasteiger partial charge in [-0.2, -0.15) is 13.2 Å². The van der Waals surface area contributed by atoms with Gasteiger partial charge in [0, 0.05) is 19.6 Å². The number of amides is 1. The Labute approximate surface area is 164 Å². The molecule has 0 bridgehead atoms. The molecule has 3 fully saturated rings. The third-order valence-corrected chi connectivity index (χ3v) is 6.80. The van der Waals surface area contributed by atoms with Crippen LogP contribution >= 0.6 is 12.4 Å². The van der Waals surface area contributed by atoms with Crippen molar-refractivity contribution in [2.45, 2.75) is 50.1 Å². The van der Waals surface area contributed by atoms with Gasteiger partial charge in [0.2, 0.25) is 5.91 Å². The van der Waals surface area contributed by atoms with E-state index in [9.17, 15) is 18.0 Å². The van der Waals surface area contributed by atoms with Crippen LogP contribution in [0.3, 0.4) is 0 Å². The standard InChI is InChI=1S/C20H25F3N2O.ClH/c21-20(22,23)16-4-1-3-15(13-16)19(5-2-6-19)17(26)25-11-8-18(9-12-25)7-10-24-14-18;/h1,3-4,13,24H,2,5-12,14H2;1H. The summed E-state index contributed by atoms with van der Waals surface area (Å²) >= 11 is 0. The molecule has 0 radical (unpaired) electrons. The third-order valence-electron chi connectivity index (χ3n) is 6.80. The summed E-state index contributed by atoms with van der Waals surface area (Å²) in [6, 6.07) is 5.39. The molecule has 1 aromatic carbocycles. The molecule has 2 saturated heterocycles. The second-order valence-electron chi connectivity index (χ2n) is 8.23. The molecule has 3 nitrogen and oxygen atoms in total. The highest BCUT2D eigenvalue weighted by Crippen LogP contribution is 2.47. The van der Waals surface area contributed by atoms with Crippen molar-refractivity contribution in [1.82, 2.24) is 10.2 Å². The zero-order valence-electron chi connectivity index (χ0n) is 15.3. The van der Waals surface area contributed by atoms with E-state index in [1.807, 2.05) is 4.90 Å². The molecule has 1 aromatic rings. The number of hydrogen-bond acceptors (Lipinski definition) is 2. The fraction of sp³-hybridized carbons (Fsp3) is 0.650. The van der Waals surface area contributed by atoms with Crippen molar-refractivity contribution < 1.29 is 18.0 Å². The molecule has 4 rings (SSSR count). The molecular formula is C20H26ClF3N2O. The Morgan fingerprint density at radius 3 is 2.30 bits per heavy atom. The van der Waals surface area contributed by atoms with Gasteiger partial charge in [-0.1, -0.05) is 24.6 Å². The number of carbonyl (C=O) groups excluding carboxylic acids is 1. The van der Waals surface area contributed by atoms with E-state index in [2.05, 4.69) is 5.32 Å². The second-order valence-corrected chi connectivity index (χ2v) is 8.23. The smallest absolute Gasteiger partial charge is 0.342 e. The van der Waals surface area contributed by atoms with E-state index in [-0.39, 0.29) is 18.3 Å². The third kappa shape index (κ3) is 3.58. The molecule has 0 unspecified atom stereocenters. The molecule has 1 aliphatic carbocycles. The zero-order valence-corrected chi connectivity index (χ0v) is 16.1. The lowest BCUT2D eigenvalue weighted by Gasteiger charge is -2.47. The van der Waals surface area contributed by atoms with Crippen LogP contribution in [0.5, 0.6) is 0 Å². The Hall–Kier alpha value is -1.27. The molecule has 2 heterocycles. The second kappa shape index (κ2) is 7.28. The Bertz CT molecular complexity index is 687. The van der Waals surface area contributed by atoms with Crippen LogP contribution in [0, 0.1) is 5.41 Å². The SMILES string of the molecule is Cl.O=C(N1CCC2(CCNC2)CC1)C1(c2cccc(C(F)(F)F)c2)CCC1. The number of nitrogens with one attached hydrogen (secondary N) is 1. The van der Waals surface area contributed by atoms with Crippen LogP contribution < -0.4 is 5.32 Å². The van der Waals surface area contributed by atoms with Crippen LogP contribution in [0.25, 0.3) is 0 Å². The van der Waals surface area contributed by atoms with E-state index < -0.39 is 17.2 Å². The van der Waals surface area contributed by atoms with Crippen LogP contribution in [0.15, 0.2) is 24.3 Å². The minimum absolute atomic E-state index is 0. The molecule has 1 saturated carbocycles. The monoisotopic (exact) mass is 402 g/mol. The number of halogens is 4. The van der Waals surface area contributed by atoms with Gasteiger partial charge < -0.3 is 10.2 Å². The highest BCUT2D eigenvalue weighted by molar-refractivity contribution is 5.89. The summed E-state index contributed by atoms with van der Waals surface area (Å²) in [4.78, 5) is 15.2. The molecule has 150 valence electrons. The number of hydrogen-bond donors (Lipinski definition) is 1. The Balaban J connectivity index is 0.00000210. The molecule has 1 N–H and O–H groups in total. The van der Waals surface area contributed by atoms with Crippen molar-refractivity contribution in [2.75, 3.05) is 26.2 Å². The van der Waals surface area contributed by atoms with Crippen molar-refractivity contribution in [1.29, 1.82) is 0 Å². The summed E-state index contributed by atoms with van der Waals surface area (Å²) < 4.78 is 39.3. The Morgan fingerprint density at radius 1 is 1.07 bits per heavy atom. The van der Waals surface area contributed by atoms with Crippen LogP contribution in [0.1, 0.15) is 49.7 Å².